The number of nitrogen functional groups attached to an aromatic ring is 1. The van der Waals surface area contributed by atoms with E-state index < -0.39 is 0 Å². The summed E-state index contributed by atoms with van der Waals surface area (Å²) in [6, 6.07) is 6.13. The van der Waals surface area contributed by atoms with Crippen LogP contribution in [0.2, 0.25) is 0 Å². The second-order valence-corrected chi connectivity index (χ2v) is 4.76. The van der Waals surface area contributed by atoms with Crippen LogP contribution in [0.25, 0.3) is 0 Å². The Labute approximate surface area is 96.8 Å². The highest BCUT2D eigenvalue weighted by Gasteiger charge is 2.23. The number of nitrogens with one attached hydrogen (secondary N) is 1. The van der Waals surface area contributed by atoms with E-state index in [-0.39, 0.29) is 5.84 Å². The van der Waals surface area contributed by atoms with Gasteiger partial charge in [-0.15, -0.1) is 0 Å². The molecule has 0 saturated heterocycles. The molecule has 0 unspecified atom stereocenters. The fourth-order valence-corrected chi connectivity index (χ4v) is 1.98. The molecule has 1 aliphatic rings. The van der Waals surface area contributed by atoms with Crippen molar-refractivity contribution in [3.63, 3.8) is 0 Å². The number of rotatable bonds is 4. The van der Waals surface area contributed by atoms with Crippen LogP contribution in [0.1, 0.15) is 24.0 Å². The summed E-state index contributed by atoms with van der Waals surface area (Å²) in [4.78, 5) is 2.22. The second kappa shape index (κ2) is 4.16. The van der Waals surface area contributed by atoms with Crippen LogP contribution in [0.5, 0.6) is 0 Å². The third-order valence-corrected chi connectivity index (χ3v) is 3.08. The van der Waals surface area contributed by atoms with Gasteiger partial charge in [0.2, 0.25) is 0 Å². The Bertz CT molecular complexity index is 408. The van der Waals surface area contributed by atoms with E-state index in [4.69, 9.17) is 11.1 Å². The summed E-state index contributed by atoms with van der Waals surface area (Å²) >= 11 is 0. The van der Waals surface area contributed by atoms with Crippen LogP contribution < -0.4 is 10.6 Å². The average molecular weight is 217 g/mol. The van der Waals surface area contributed by atoms with Crippen molar-refractivity contribution in [2.75, 3.05) is 18.5 Å². The molecule has 0 aromatic heterocycles. The van der Waals surface area contributed by atoms with Crippen LogP contribution >= 0.6 is 0 Å². The highest BCUT2D eigenvalue weighted by molar-refractivity contribution is 6.00. The van der Waals surface area contributed by atoms with E-state index in [9.17, 15) is 0 Å². The van der Waals surface area contributed by atoms with Gasteiger partial charge in [0.1, 0.15) is 5.84 Å². The van der Waals surface area contributed by atoms with E-state index >= 15 is 0 Å². The van der Waals surface area contributed by atoms with E-state index in [2.05, 4.69) is 24.1 Å². The summed E-state index contributed by atoms with van der Waals surface area (Å²) in [6.07, 6.45) is 2.68. The summed E-state index contributed by atoms with van der Waals surface area (Å²) in [7, 11) is 2.08. The van der Waals surface area contributed by atoms with E-state index in [1.165, 1.54) is 12.8 Å². The number of nitrogens with two attached hydrogens (primary N) is 1. The van der Waals surface area contributed by atoms with Gasteiger partial charge in [0.05, 0.1) is 0 Å². The molecule has 1 fully saturated rings. The van der Waals surface area contributed by atoms with E-state index in [0.29, 0.717) is 0 Å². The predicted octanol–water partition coefficient (Wildman–Crippen LogP) is 2.13. The molecular formula is C13H19N3. The summed E-state index contributed by atoms with van der Waals surface area (Å²) in [5.41, 5.74) is 8.70. The summed E-state index contributed by atoms with van der Waals surface area (Å²) in [6.45, 7) is 3.10. The van der Waals surface area contributed by atoms with Crippen molar-refractivity contribution >= 4 is 11.5 Å². The molecule has 1 saturated carbocycles. The molecule has 1 aromatic carbocycles. The molecule has 3 nitrogen and oxygen atoms in total. The van der Waals surface area contributed by atoms with Gasteiger partial charge >= 0.3 is 0 Å². The molecule has 0 spiro atoms. The molecule has 1 aromatic rings. The molecule has 0 amide bonds. The molecule has 16 heavy (non-hydrogen) atoms. The molecule has 1 aliphatic carbocycles. The molecule has 3 heteroatoms. The number of aryl methyl sites for hydroxylation is 1. The molecule has 0 radical (unpaired) electrons. The number of hydrogen-bond acceptors (Lipinski definition) is 2. The number of anilines is 1. The lowest BCUT2D eigenvalue weighted by molar-refractivity contribution is 0.786. The van der Waals surface area contributed by atoms with Crippen molar-refractivity contribution in [2.45, 2.75) is 19.8 Å². The van der Waals surface area contributed by atoms with Crippen molar-refractivity contribution in [1.29, 1.82) is 5.41 Å². The Morgan fingerprint density at radius 3 is 2.75 bits per heavy atom. The SMILES string of the molecule is Cc1ccc(N(C)CC2CC2)c(C(=N)N)c1. The standard InChI is InChI=1S/C13H19N3/c1-9-3-6-12(11(7-9)13(14)15)16(2)8-10-4-5-10/h3,6-7,10H,4-5,8H2,1-2H3,(H3,14,15). The zero-order valence-electron chi connectivity index (χ0n) is 9.96. The Morgan fingerprint density at radius 1 is 1.50 bits per heavy atom. The maximum Gasteiger partial charge on any atom is 0.124 e. The number of nitrogens with zero attached hydrogens (tertiary/aromatic N) is 1. The molecule has 86 valence electrons. The van der Waals surface area contributed by atoms with Crippen molar-refractivity contribution < 1.29 is 0 Å². The minimum absolute atomic E-state index is 0.154. The van der Waals surface area contributed by atoms with Gasteiger partial charge in [0.15, 0.2) is 0 Å². The lowest BCUT2D eigenvalue weighted by atomic mass is 10.1. The predicted molar refractivity (Wildman–Crippen MR) is 68.2 cm³/mol. The van der Waals surface area contributed by atoms with Gasteiger partial charge in [-0.2, -0.15) is 0 Å². The lowest BCUT2D eigenvalue weighted by Crippen LogP contribution is -2.24. The maximum absolute atomic E-state index is 7.62. The van der Waals surface area contributed by atoms with Crippen LogP contribution in [0.3, 0.4) is 0 Å². The first-order chi connectivity index (χ1) is 7.58. The highest BCUT2D eigenvalue weighted by atomic mass is 15.1. The molecule has 0 bridgehead atoms. The van der Waals surface area contributed by atoms with Crippen LogP contribution in [-0.2, 0) is 0 Å². The van der Waals surface area contributed by atoms with Crippen molar-refractivity contribution in [1.82, 2.24) is 0 Å². The monoisotopic (exact) mass is 217 g/mol. The maximum atomic E-state index is 7.62. The van der Waals surface area contributed by atoms with Gasteiger partial charge in [-0.05, 0) is 37.8 Å². The van der Waals surface area contributed by atoms with Gasteiger partial charge in [-0.1, -0.05) is 11.6 Å². The number of amidine groups is 1. The number of benzene rings is 1. The van der Waals surface area contributed by atoms with E-state index in [0.717, 1.165) is 29.3 Å². The van der Waals surface area contributed by atoms with E-state index in [1.807, 2.05) is 13.0 Å². The van der Waals surface area contributed by atoms with Crippen LogP contribution in [0.15, 0.2) is 18.2 Å². The van der Waals surface area contributed by atoms with Crippen LogP contribution in [0.4, 0.5) is 5.69 Å². The van der Waals surface area contributed by atoms with Gasteiger partial charge in [0, 0.05) is 24.8 Å². The highest BCUT2D eigenvalue weighted by Crippen LogP contribution is 2.31. The molecule has 2 rings (SSSR count). The van der Waals surface area contributed by atoms with Crippen LogP contribution in [-0.4, -0.2) is 19.4 Å². The largest absolute Gasteiger partial charge is 0.384 e. The zero-order valence-corrected chi connectivity index (χ0v) is 9.96. The summed E-state index contributed by atoms with van der Waals surface area (Å²) in [5, 5.41) is 7.62. The summed E-state index contributed by atoms with van der Waals surface area (Å²) in [5.74, 6) is 0.993. The van der Waals surface area contributed by atoms with Gasteiger partial charge in [-0.25, -0.2) is 0 Å². The van der Waals surface area contributed by atoms with Gasteiger partial charge in [-0.3, -0.25) is 5.41 Å². The smallest absolute Gasteiger partial charge is 0.124 e. The molecule has 0 heterocycles. The lowest BCUT2D eigenvalue weighted by Gasteiger charge is -2.22. The molecule has 0 atom stereocenters. The Balaban J connectivity index is 2.26. The zero-order chi connectivity index (χ0) is 11.7. The minimum Gasteiger partial charge on any atom is -0.384 e. The Morgan fingerprint density at radius 2 is 2.19 bits per heavy atom. The Kier molecular flexibility index (Phi) is 2.86. The fourth-order valence-electron chi connectivity index (χ4n) is 1.98. The minimum atomic E-state index is 0.154. The van der Waals surface area contributed by atoms with Gasteiger partial charge in [0.25, 0.3) is 0 Å². The van der Waals surface area contributed by atoms with Crippen molar-refractivity contribution in [3.05, 3.63) is 29.3 Å². The van der Waals surface area contributed by atoms with Gasteiger partial charge < -0.3 is 10.6 Å². The Hall–Kier alpha value is -1.51. The third kappa shape index (κ3) is 2.35. The molecule has 0 aliphatic heterocycles. The van der Waals surface area contributed by atoms with Crippen molar-refractivity contribution in [3.8, 4) is 0 Å². The topological polar surface area (TPSA) is 53.1 Å². The fraction of sp³-hybridized carbons (Fsp3) is 0.462. The average Bonchev–Trinajstić information content (AvgIpc) is 3.01. The normalized spacial score (nSPS) is 14.9. The molecule has 3 N–H and O–H groups in total. The molecular weight excluding hydrogens is 198 g/mol. The summed E-state index contributed by atoms with van der Waals surface area (Å²) < 4.78 is 0. The van der Waals surface area contributed by atoms with Crippen molar-refractivity contribution in [2.24, 2.45) is 11.7 Å². The first-order valence-corrected chi connectivity index (χ1v) is 5.74. The van der Waals surface area contributed by atoms with E-state index in [1.54, 1.807) is 0 Å². The third-order valence-electron chi connectivity index (χ3n) is 3.08. The number of hydrogen-bond donors (Lipinski definition) is 2. The quantitative estimate of drug-likeness (QED) is 0.599. The first-order valence-electron chi connectivity index (χ1n) is 5.74. The van der Waals surface area contributed by atoms with Crippen LogP contribution in [0, 0.1) is 18.3 Å². The first kappa shape index (κ1) is 11.0. The second-order valence-electron chi connectivity index (χ2n) is 4.76.